The summed E-state index contributed by atoms with van der Waals surface area (Å²) in [4.78, 5) is 14.1. The number of benzene rings is 2. The van der Waals surface area contributed by atoms with Gasteiger partial charge in [-0.25, -0.2) is 0 Å². The first kappa shape index (κ1) is 14.1. The molecule has 0 aliphatic carbocycles. The maximum Gasteiger partial charge on any atom is 0.248 e. The van der Waals surface area contributed by atoms with Gasteiger partial charge in [-0.3, -0.25) is 4.79 Å². The molecule has 3 N–H and O–H groups in total. The Morgan fingerprint density at radius 3 is 2.50 bits per heavy atom. The highest BCUT2D eigenvalue weighted by molar-refractivity contribution is 5.97. The van der Waals surface area contributed by atoms with Crippen molar-refractivity contribution in [2.45, 2.75) is 13.0 Å². The molecule has 2 aromatic carbocycles. The molecule has 0 aromatic heterocycles. The van der Waals surface area contributed by atoms with Crippen LogP contribution in [0.15, 0.2) is 54.6 Å². The fourth-order valence-corrected chi connectivity index (χ4v) is 2.10. The highest BCUT2D eigenvalue weighted by Gasteiger charge is 2.22. The third-order valence-corrected chi connectivity index (χ3v) is 3.15. The standard InChI is InChI=1S/C16H18N2O2/c1-2-18(13-9-6-10-14(19)11-13)16(20)15(17)12-7-4-3-5-8-12/h3-11,15,19H,2,17H2,1H3/t15-/m1/s1. The number of carbonyl (C=O) groups is 1. The molecule has 0 bridgehead atoms. The molecule has 20 heavy (non-hydrogen) atoms. The van der Waals surface area contributed by atoms with Crippen LogP contribution in [0.3, 0.4) is 0 Å². The van der Waals surface area contributed by atoms with Crippen LogP contribution in [0.1, 0.15) is 18.5 Å². The number of phenols is 1. The molecule has 1 amide bonds. The van der Waals surface area contributed by atoms with E-state index in [1.165, 1.54) is 0 Å². The highest BCUT2D eigenvalue weighted by Crippen LogP contribution is 2.23. The molecule has 2 rings (SSSR count). The monoisotopic (exact) mass is 270 g/mol. The van der Waals surface area contributed by atoms with Gasteiger partial charge in [-0.15, -0.1) is 0 Å². The SMILES string of the molecule is CCN(C(=O)[C@H](N)c1ccccc1)c1cccc(O)c1. The lowest BCUT2D eigenvalue weighted by Gasteiger charge is -2.24. The van der Waals surface area contributed by atoms with Crippen molar-refractivity contribution in [2.24, 2.45) is 5.73 Å². The van der Waals surface area contributed by atoms with Crippen molar-refractivity contribution in [3.63, 3.8) is 0 Å². The second-order valence-electron chi connectivity index (χ2n) is 4.49. The van der Waals surface area contributed by atoms with E-state index in [-0.39, 0.29) is 11.7 Å². The second-order valence-corrected chi connectivity index (χ2v) is 4.49. The maximum absolute atomic E-state index is 12.5. The Morgan fingerprint density at radius 2 is 1.90 bits per heavy atom. The van der Waals surface area contributed by atoms with Gasteiger partial charge in [0.25, 0.3) is 0 Å². The first-order chi connectivity index (χ1) is 9.63. The van der Waals surface area contributed by atoms with Gasteiger partial charge in [0.15, 0.2) is 0 Å². The third kappa shape index (κ3) is 2.97. The van der Waals surface area contributed by atoms with Gasteiger partial charge in [0.2, 0.25) is 5.91 Å². The summed E-state index contributed by atoms with van der Waals surface area (Å²) in [5, 5.41) is 9.53. The smallest absolute Gasteiger partial charge is 0.248 e. The summed E-state index contributed by atoms with van der Waals surface area (Å²) in [7, 11) is 0. The van der Waals surface area contributed by atoms with Crippen molar-refractivity contribution in [1.82, 2.24) is 0 Å². The molecule has 0 saturated carbocycles. The second kappa shape index (κ2) is 6.21. The lowest BCUT2D eigenvalue weighted by Crippen LogP contribution is -2.38. The number of hydrogen-bond acceptors (Lipinski definition) is 3. The predicted octanol–water partition coefficient (Wildman–Crippen LogP) is 2.45. The van der Waals surface area contributed by atoms with Gasteiger partial charge >= 0.3 is 0 Å². The molecule has 2 aromatic rings. The Labute approximate surface area is 118 Å². The topological polar surface area (TPSA) is 66.6 Å². The van der Waals surface area contributed by atoms with Crippen LogP contribution in [-0.4, -0.2) is 17.6 Å². The average molecular weight is 270 g/mol. The van der Waals surface area contributed by atoms with E-state index in [0.29, 0.717) is 12.2 Å². The molecule has 0 aliphatic heterocycles. The molecule has 0 heterocycles. The minimum atomic E-state index is -0.710. The number of nitrogens with zero attached hydrogens (tertiary/aromatic N) is 1. The van der Waals surface area contributed by atoms with Crippen molar-refractivity contribution >= 4 is 11.6 Å². The molecule has 0 aliphatic rings. The largest absolute Gasteiger partial charge is 0.508 e. The Kier molecular flexibility index (Phi) is 4.38. The number of carbonyl (C=O) groups excluding carboxylic acids is 1. The summed E-state index contributed by atoms with van der Waals surface area (Å²) in [5.74, 6) is -0.0636. The Morgan fingerprint density at radius 1 is 1.20 bits per heavy atom. The van der Waals surface area contributed by atoms with E-state index in [1.807, 2.05) is 37.3 Å². The van der Waals surface area contributed by atoms with Gasteiger partial charge in [0.1, 0.15) is 11.8 Å². The molecule has 0 fully saturated rings. The molecule has 4 heteroatoms. The van der Waals surface area contributed by atoms with Crippen molar-refractivity contribution in [2.75, 3.05) is 11.4 Å². The minimum Gasteiger partial charge on any atom is -0.508 e. The van der Waals surface area contributed by atoms with Gasteiger partial charge in [-0.05, 0) is 24.6 Å². The van der Waals surface area contributed by atoms with E-state index in [0.717, 1.165) is 5.56 Å². The van der Waals surface area contributed by atoms with Crippen molar-refractivity contribution < 1.29 is 9.90 Å². The average Bonchev–Trinajstić information content (AvgIpc) is 2.48. The summed E-state index contributed by atoms with van der Waals surface area (Å²) in [6, 6.07) is 15.1. The Hall–Kier alpha value is -2.33. The van der Waals surface area contributed by atoms with Gasteiger partial charge in [-0.1, -0.05) is 36.4 Å². The van der Waals surface area contributed by atoms with Crippen LogP contribution < -0.4 is 10.6 Å². The van der Waals surface area contributed by atoms with Crippen LogP contribution in [0.2, 0.25) is 0 Å². The molecule has 0 spiro atoms. The zero-order valence-corrected chi connectivity index (χ0v) is 11.4. The molecule has 0 unspecified atom stereocenters. The zero-order chi connectivity index (χ0) is 14.5. The number of phenolic OH excluding ortho intramolecular Hbond substituents is 1. The zero-order valence-electron chi connectivity index (χ0n) is 11.4. The summed E-state index contributed by atoms with van der Waals surface area (Å²) >= 11 is 0. The first-order valence-corrected chi connectivity index (χ1v) is 6.54. The van der Waals surface area contributed by atoms with Crippen molar-refractivity contribution in [1.29, 1.82) is 0 Å². The Bertz CT molecular complexity index is 584. The third-order valence-electron chi connectivity index (χ3n) is 3.15. The van der Waals surface area contributed by atoms with Crippen LogP contribution in [0.4, 0.5) is 5.69 Å². The van der Waals surface area contributed by atoms with Gasteiger partial charge < -0.3 is 15.7 Å². The number of hydrogen-bond donors (Lipinski definition) is 2. The lowest BCUT2D eigenvalue weighted by molar-refractivity contribution is -0.119. The summed E-state index contributed by atoms with van der Waals surface area (Å²) in [6.07, 6.45) is 0. The summed E-state index contributed by atoms with van der Waals surface area (Å²) in [5.41, 5.74) is 7.45. The van der Waals surface area contributed by atoms with Crippen LogP contribution in [0, 0.1) is 0 Å². The molecule has 0 saturated heterocycles. The van der Waals surface area contributed by atoms with E-state index in [1.54, 1.807) is 29.2 Å². The minimum absolute atomic E-state index is 0.127. The predicted molar refractivity (Wildman–Crippen MR) is 79.5 cm³/mol. The number of likely N-dealkylation sites (N-methyl/N-ethyl adjacent to an activating group) is 1. The molecule has 4 nitrogen and oxygen atoms in total. The van der Waals surface area contributed by atoms with E-state index in [9.17, 15) is 9.90 Å². The van der Waals surface area contributed by atoms with Crippen molar-refractivity contribution in [3.05, 3.63) is 60.2 Å². The molecular weight excluding hydrogens is 252 g/mol. The normalized spacial score (nSPS) is 11.9. The van der Waals surface area contributed by atoms with E-state index in [4.69, 9.17) is 5.73 Å². The van der Waals surface area contributed by atoms with Crippen LogP contribution in [-0.2, 0) is 4.79 Å². The lowest BCUT2D eigenvalue weighted by atomic mass is 10.1. The molecule has 104 valence electrons. The molecule has 1 atom stereocenters. The molecule has 0 radical (unpaired) electrons. The van der Waals surface area contributed by atoms with Crippen LogP contribution in [0.25, 0.3) is 0 Å². The van der Waals surface area contributed by atoms with Gasteiger partial charge in [0, 0.05) is 18.3 Å². The summed E-state index contributed by atoms with van der Waals surface area (Å²) < 4.78 is 0. The number of anilines is 1. The quantitative estimate of drug-likeness (QED) is 0.896. The van der Waals surface area contributed by atoms with Crippen LogP contribution in [0.5, 0.6) is 5.75 Å². The maximum atomic E-state index is 12.5. The van der Waals surface area contributed by atoms with Crippen LogP contribution >= 0.6 is 0 Å². The first-order valence-electron chi connectivity index (χ1n) is 6.54. The Balaban J connectivity index is 2.26. The van der Waals surface area contributed by atoms with Gasteiger partial charge in [0.05, 0.1) is 0 Å². The van der Waals surface area contributed by atoms with E-state index < -0.39 is 6.04 Å². The van der Waals surface area contributed by atoms with Gasteiger partial charge in [-0.2, -0.15) is 0 Å². The molecular formula is C16H18N2O2. The summed E-state index contributed by atoms with van der Waals surface area (Å²) in [6.45, 7) is 2.36. The number of amides is 1. The fraction of sp³-hybridized carbons (Fsp3) is 0.188. The van der Waals surface area contributed by atoms with Crippen molar-refractivity contribution in [3.8, 4) is 5.75 Å². The van der Waals surface area contributed by atoms with E-state index in [2.05, 4.69) is 0 Å². The number of nitrogens with two attached hydrogens (primary N) is 1. The van der Waals surface area contributed by atoms with E-state index >= 15 is 0 Å². The highest BCUT2D eigenvalue weighted by atomic mass is 16.3. The number of rotatable bonds is 4. The number of aromatic hydroxyl groups is 1. The fourth-order valence-electron chi connectivity index (χ4n) is 2.10.